The van der Waals surface area contributed by atoms with Crippen LogP contribution in [0.1, 0.15) is 50.2 Å². The van der Waals surface area contributed by atoms with Crippen LogP contribution in [0, 0.1) is 0 Å². The number of amides is 2. The number of rotatable bonds is 4. The normalized spacial score (nSPS) is 19.4. The quantitative estimate of drug-likeness (QED) is 0.804. The Kier molecular flexibility index (Phi) is 5.17. The van der Waals surface area contributed by atoms with Crippen molar-refractivity contribution in [1.29, 1.82) is 0 Å². The minimum absolute atomic E-state index is 0.0597. The second-order valence-electron chi connectivity index (χ2n) is 8.81. The third-order valence-corrected chi connectivity index (χ3v) is 5.43. The van der Waals surface area contributed by atoms with Gasteiger partial charge in [-0.2, -0.15) is 0 Å². The smallest absolute Gasteiger partial charge is 0.410 e. The van der Waals surface area contributed by atoms with Crippen molar-refractivity contribution in [2.75, 3.05) is 13.1 Å². The predicted octanol–water partition coefficient (Wildman–Crippen LogP) is 3.14. The highest BCUT2D eigenvalue weighted by molar-refractivity contribution is 5.98. The zero-order chi connectivity index (χ0) is 21.5. The van der Waals surface area contributed by atoms with Gasteiger partial charge in [0.1, 0.15) is 17.5 Å². The fraction of sp³-hybridized carbons (Fsp3) is 0.500. The lowest BCUT2D eigenvalue weighted by molar-refractivity contribution is -0.0300. The zero-order valence-electron chi connectivity index (χ0n) is 17.8. The summed E-state index contributed by atoms with van der Waals surface area (Å²) < 4.78 is 11.7. The number of nitrogens with one attached hydrogen (secondary N) is 2. The number of carbonyl (C=O) groups excluding carboxylic acids is 2. The molecule has 30 heavy (non-hydrogen) atoms. The maximum absolute atomic E-state index is 12.4. The van der Waals surface area contributed by atoms with Gasteiger partial charge in [0, 0.05) is 37.0 Å². The Labute approximate surface area is 176 Å². The molecule has 2 aromatic rings. The second kappa shape index (κ2) is 7.66. The molecule has 1 fully saturated rings. The van der Waals surface area contributed by atoms with E-state index < -0.39 is 5.60 Å². The molecule has 0 aliphatic carbocycles. The fourth-order valence-corrected chi connectivity index (χ4v) is 3.86. The van der Waals surface area contributed by atoms with Gasteiger partial charge >= 0.3 is 6.09 Å². The van der Waals surface area contributed by atoms with E-state index in [0.29, 0.717) is 24.4 Å². The minimum Gasteiger partial charge on any atom is -0.486 e. The van der Waals surface area contributed by atoms with Crippen molar-refractivity contribution in [3.05, 3.63) is 35.8 Å². The number of fused-ring (bicyclic) bond motifs is 1. The Morgan fingerprint density at radius 2 is 2.13 bits per heavy atom. The van der Waals surface area contributed by atoms with Crippen LogP contribution in [0.5, 0.6) is 5.75 Å². The van der Waals surface area contributed by atoms with E-state index in [-0.39, 0.29) is 24.1 Å². The van der Waals surface area contributed by atoms with Crippen LogP contribution in [0.25, 0.3) is 11.3 Å². The average Bonchev–Trinajstić information content (AvgIpc) is 3.05. The largest absolute Gasteiger partial charge is 0.486 e. The number of carbonyl (C=O) groups is 2. The molecule has 2 aliphatic rings. The molecule has 0 bridgehead atoms. The molecular formula is C22H28N4O4. The standard InChI is InChI=1S/C22H28N4O4/c1-13(18-7-10-26(18)21(28)30-22(2,3)4)29-19-12-23-8-5-14(19)17-11-15-16(25-17)6-9-24-20(15)27/h5,8,11-13,18,25H,6-7,9-10H2,1-4H3,(H,24,27)/t13-,18+/m0/s1. The molecule has 2 amide bonds. The first-order valence-electron chi connectivity index (χ1n) is 10.3. The number of ether oxygens (including phenoxy) is 2. The average molecular weight is 412 g/mol. The van der Waals surface area contributed by atoms with Gasteiger partial charge in [0.25, 0.3) is 5.91 Å². The van der Waals surface area contributed by atoms with E-state index in [4.69, 9.17) is 9.47 Å². The summed E-state index contributed by atoms with van der Waals surface area (Å²) in [7, 11) is 0. The van der Waals surface area contributed by atoms with Crippen molar-refractivity contribution >= 4 is 12.0 Å². The molecule has 8 heteroatoms. The minimum atomic E-state index is -0.531. The molecule has 2 aromatic heterocycles. The Bertz CT molecular complexity index is 962. The Balaban J connectivity index is 1.51. The molecule has 0 unspecified atom stereocenters. The van der Waals surface area contributed by atoms with Gasteiger partial charge in [0.15, 0.2) is 0 Å². The topological polar surface area (TPSA) is 96.5 Å². The summed E-state index contributed by atoms with van der Waals surface area (Å²) in [6.07, 6.45) is 4.44. The molecule has 4 heterocycles. The van der Waals surface area contributed by atoms with E-state index in [0.717, 1.165) is 29.8 Å². The number of hydrogen-bond donors (Lipinski definition) is 2. The number of aromatic nitrogens is 2. The number of H-pyrrole nitrogens is 1. The highest BCUT2D eigenvalue weighted by Gasteiger charge is 2.39. The van der Waals surface area contributed by atoms with Crippen LogP contribution in [-0.4, -0.2) is 57.7 Å². The van der Waals surface area contributed by atoms with Crippen LogP contribution in [0.4, 0.5) is 4.79 Å². The van der Waals surface area contributed by atoms with E-state index in [1.165, 1.54) is 0 Å². The van der Waals surface area contributed by atoms with Crippen LogP contribution in [0.2, 0.25) is 0 Å². The maximum Gasteiger partial charge on any atom is 0.410 e. The lowest BCUT2D eigenvalue weighted by Gasteiger charge is -2.44. The van der Waals surface area contributed by atoms with Gasteiger partial charge in [-0.3, -0.25) is 9.78 Å². The first-order valence-corrected chi connectivity index (χ1v) is 10.3. The van der Waals surface area contributed by atoms with Crippen molar-refractivity contribution in [3.63, 3.8) is 0 Å². The lowest BCUT2D eigenvalue weighted by Crippen LogP contribution is -2.58. The van der Waals surface area contributed by atoms with Gasteiger partial charge in [0.2, 0.25) is 0 Å². The van der Waals surface area contributed by atoms with E-state index in [1.54, 1.807) is 17.3 Å². The number of hydrogen-bond acceptors (Lipinski definition) is 5. The van der Waals surface area contributed by atoms with Gasteiger partial charge < -0.3 is 24.7 Å². The zero-order valence-corrected chi connectivity index (χ0v) is 17.8. The summed E-state index contributed by atoms with van der Waals surface area (Å²) in [4.78, 5) is 33.8. The van der Waals surface area contributed by atoms with Gasteiger partial charge in [0.05, 0.1) is 23.5 Å². The summed E-state index contributed by atoms with van der Waals surface area (Å²) in [6.45, 7) is 8.81. The number of likely N-dealkylation sites (tertiary alicyclic amines) is 1. The molecule has 0 radical (unpaired) electrons. The van der Waals surface area contributed by atoms with Gasteiger partial charge in [-0.1, -0.05) is 0 Å². The van der Waals surface area contributed by atoms with Crippen LogP contribution in [0.3, 0.4) is 0 Å². The highest BCUT2D eigenvalue weighted by Crippen LogP contribution is 2.33. The highest BCUT2D eigenvalue weighted by atomic mass is 16.6. The van der Waals surface area contributed by atoms with Crippen molar-refractivity contribution < 1.29 is 19.1 Å². The van der Waals surface area contributed by atoms with Gasteiger partial charge in [-0.15, -0.1) is 0 Å². The predicted molar refractivity (Wildman–Crippen MR) is 111 cm³/mol. The summed E-state index contributed by atoms with van der Waals surface area (Å²) in [5.41, 5.74) is 2.72. The Morgan fingerprint density at radius 1 is 1.33 bits per heavy atom. The Morgan fingerprint density at radius 3 is 2.80 bits per heavy atom. The third kappa shape index (κ3) is 3.99. The third-order valence-electron chi connectivity index (χ3n) is 5.43. The molecule has 4 rings (SSSR count). The monoisotopic (exact) mass is 412 g/mol. The van der Waals surface area contributed by atoms with Crippen molar-refractivity contribution in [3.8, 4) is 17.0 Å². The van der Waals surface area contributed by atoms with Crippen LogP contribution < -0.4 is 10.1 Å². The van der Waals surface area contributed by atoms with Crippen molar-refractivity contribution in [2.24, 2.45) is 0 Å². The maximum atomic E-state index is 12.4. The second-order valence-corrected chi connectivity index (χ2v) is 8.81. The van der Waals surface area contributed by atoms with Crippen molar-refractivity contribution in [2.45, 2.75) is 58.3 Å². The number of nitrogens with zero attached hydrogens (tertiary/aromatic N) is 2. The van der Waals surface area contributed by atoms with E-state index in [2.05, 4.69) is 15.3 Å². The first kappa shape index (κ1) is 20.3. The molecule has 0 aromatic carbocycles. The summed E-state index contributed by atoms with van der Waals surface area (Å²) in [5, 5.41) is 2.86. The molecule has 8 nitrogen and oxygen atoms in total. The molecule has 2 atom stereocenters. The first-order chi connectivity index (χ1) is 14.2. The molecule has 160 valence electrons. The summed E-state index contributed by atoms with van der Waals surface area (Å²) in [5.74, 6) is 0.547. The van der Waals surface area contributed by atoms with Crippen LogP contribution >= 0.6 is 0 Å². The Hall–Kier alpha value is -3.03. The number of pyridine rings is 1. The van der Waals surface area contributed by atoms with E-state index >= 15 is 0 Å². The van der Waals surface area contributed by atoms with Crippen molar-refractivity contribution in [1.82, 2.24) is 20.2 Å². The molecule has 2 N–H and O–H groups in total. The molecule has 1 saturated heterocycles. The molecule has 0 saturated carbocycles. The molecular weight excluding hydrogens is 384 g/mol. The summed E-state index contributed by atoms with van der Waals surface area (Å²) in [6, 6.07) is 3.66. The molecule has 0 spiro atoms. The van der Waals surface area contributed by atoms with Crippen LogP contribution in [-0.2, 0) is 11.2 Å². The van der Waals surface area contributed by atoms with Gasteiger partial charge in [-0.25, -0.2) is 4.79 Å². The SMILES string of the molecule is C[C@H](Oc1cnccc1-c1cc2c([nH]1)CCNC2=O)[C@H]1CCN1C(=O)OC(C)(C)C. The fourth-order valence-electron chi connectivity index (χ4n) is 3.86. The van der Waals surface area contributed by atoms with E-state index in [1.807, 2.05) is 39.8 Å². The van der Waals surface area contributed by atoms with E-state index in [9.17, 15) is 9.59 Å². The molecule has 2 aliphatic heterocycles. The van der Waals surface area contributed by atoms with Gasteiger partial charge in [-0.05, 0) is 46.2 Å². The number of aromatic amines is 1. The lowest BCUT2D eigenvalue weighted by atomic mass is 9.98. The summed E-state index contributed by atoms with van der Waals surface area (Å²) >= 11 is 0. The van der Waals surface area contributed by atoms with Crippen LogP contribution in [0.15, 0.2) is 24.5 Å².